The maximum absolute atomic E-state index is 5.64. The molecule has 2 aromatic carbocycles. The zero-order valence-corrected chi connectivity index (χ0v) is 15.4. The van der Waals surface area contributed by atoms with Crippen molar-refractivity contribution >= 4 is 0 Å². The average molecular weight is 353 g/mol. The van der Waals surface area contributed by atoms with Crippen molar-refractivity contribution in [1.82, 2.24) is 4.90 Å². The first-order valence-corrected chi connectivity index (χ1v) is 9.11. The van der Waals surface area contributed by atoms with Crippen molar-refractivity contribution in [2.24, 2.45) is 0 Å². The van der Waals surface area contributed by atoms with E-state index in [4.69, 9.17) is 18.9 Å². The van der Waals surface area contributed by atoms with E-state index in [9.17, 15) is 0 Å². The number of rotatable bonds is 2. The molecule has 5 rings (SSSR count). The highest BCUT2D eigenvalue weighted by molar-refractivity contribution is 5.54. The van der Waals surface area contributed by atoms with E-state index < -0.39 is 0 Å². The first-order valence-electron chi connectivity index (χ1n) is 9.11. The second-order valence-corrected chi connectivity index (χ2v) is 7.26. The van der Waals surface area contributed by atoms with Crippen LogP contribution in [-0.2, 0) is 13.0 Å². The molecule has 5 nitrogen and oxygen atoms in total. The van der Waals surface area contributed by atoms with Crippen molar-refractivity contribution in [1.29, 1.82) is 0 Å². The number of ether oxygens (including phenoxy) is 4. The van der Waals surface area contributed by atoms with Crippen LogP contribution >= 0.6 is 0 Å². The van der Waals surface area contributed by atoms with Gasteiger partial charge in [-0.05, 0) is 52.9 Å². The van der Waals surface area contributed by atoms with E-state index in [1.54, 1.807) is 14.2 Å². The van der Waals surface area contributed by atoms with Gasteiger partial charge in [0, 0.05) is 25.0 Å². The molecule has 26 heavy (non-hydrogen) atoms. The van der Waals surface area contributed by atoms with E-state index in [2.05, 4.69) is 36.1 Å². The summed E-state index contributed by atoms with van der Waals surface area (Å²) in [5.74, 6) is 3.72. The minimum absolute atomic E-state index is 0.321. The topological polar surface area (TPSA) is 40.2 Å². The fraction of sp³-hybridized carbons (Fsp3) is 0.429. The largest absolute Gasteiger partial charge is 0.493 e. The summed E-state index contributed by atoms with van der Waals surface area (Å²) in [6.07, 6.45) is 1.04. The normalized spacial score (nSPS) is 23.0. The van der Waals surface area contributed by atoms with Crippen molar-refractivity contribution in [2.45, 2.75) is 31.8 Å². The molecule has 0 N–H and O–H groups in total. The van der Waals surface area contributed by atoms with Gasteiger partial charge in [-0.15, -0.1) is 0 Å². The van der Waals surface area contributed by atoms with E-state index in [1.165, 1.54) is 22.3 Å². The summed E-state index contributed by atoms with van der Waals surface area (Å²) in [6, 6.07) is 9.00. The van der Waals surface area contributed by atoms with Crippen LogP contribution in [0.4, 0.5) is 0 Å². The lowest BCUT2D eigenvalue weighted by atomic mass is 9.77. The van der Waals surface area contributed by atoms with Crippen molar-refractivity contribution in [3.63, 3.8) is 0 Å². The van der Waals surface area contributed by atoms with E-state index >= 15 is 0 Å². The molecule has 0 aromatic heterocycles. The van der Waals surface area contributed by atoms with Gasteiger partial charge >= 0.3 is 0 Å². The Morgan fingerprint density at radius 1 is 0.923 bits per heavy atom. The van der Waals surface area contributed by atoms with Gasteiger partial charge in [-0.2, -0.15) is 0 Å². The molecule has 5 heteroatoms. The minimum atomic E-state index is 0.321. The van der Waals surface area contributed by atoms with Gasteiger partial charge in [0.2, 0.25) is 6.79 Å². The van der Waals surface area contributed by atoms with Gasteiger partial charge in [0.15, 0.2) is 23.0 Å². The van der Waals surface area contributed by atoms with Crippen molar-refractivity contribution in [3.05, 3.63) is 46.5 Å². The molecule has 0 fully saturated rings. The third kappa shape index (κ3) is 2.20. The average Bonchev–Trinajstić information content (AvgIpc) is 3.12. The number of nitrogens with zero attached hydrogens (tertiary/aromatic N) is 1. The maximum atomic E-state index is 5.64. The van der Waals surface area contributed by atoms with Crippen LogP contribution in [0.1, 0.15) is 41.1 Å². The van der Waals surface area contributed by atoms with E-state index in [0.717, 1.165) is 42.5 Å². The van der Waals surface area contributed by atoms with Gasteiger partial charge in [-0.25, -0.2) is 0 Å². The lowest BCUT2D eigenvalue weighted by Crippen LogP contribution is -2.41. The number of fused-ring (bicyclic) bond motifs is 5. The SMILES string of the molecule is COc1cc2c(cc1OC)[C@H](C)[C@H]1c3cc4c(cc3CCN1C2)OCO4. The molecule has 0 spiro atoms. The molecule has 2 atom stereocenters. The summed E-state index contributed by atoms with van der Waals surface area (Å²) >= 11 is 0. The highest BCUT2D eigenvalue weighted by atomic mass is 16.7. The Labute approximate surface area is 153 Å². The monoisotopic (exact) mass is 353 g/mol. The van der Waals surface area contributed by atoms with Gasteiger partial charge < -0.3 is 18.9 Å². The quantitative estimate of drug-likeness (QED) is 0.824. The van der Waals surface area contributed by atoms with E-state index in [1.807, 2.05) is 0 Å². The van der Waals surface area contributed by atoms with Gasteiger partial charge in [-0.3, -0.25) is 4.90 Å². The highest BCUT2D eigenvalue weighted by Gasteiger charge is 2.38. The molecule has 3 aliphatic rings. The van der Waals surface area contributed by atoms with Crippen LogP contribution in [0.25, 0.3) is 0 Å². The van der Waals surface area contributed by atoms with E-state index in [0.29, 0.717) is 18.8 Å². The van der Waals surface area contributed by atoms with Crippen LogP contribution in [-0.4, -0.2) is 32.5 Å². The summed E-state index contributed by atoms with van der Waals surface area (Å²) in [6.45, 7) is 4.61. The predicted molar refractivity (Wildman–Crippen MR) is 97.4 cm³/mol. The van der Waals surface area contributed by atoms with Crippen LogP contribution in [0.3, 0.4) is 0 Å². The van der Waals surface area contributed by atoms with Crippen LogP contribution in [0.15, 0.2) is 24.3 Å². The van der Waals surface area contributed by atoms with Gasteiger partial charge in [-0.1, -0.05) is 6.92 Å². The molecule has 3 aliphatic heterocycles. The van der Waals surface area contributed by atoms with Crippen molar-refractivity contribution in [2.75, 3.05) is 27.6 Å². The molecule has 0 amide bonds. The predicted octanol–water partition coefficient (Wildman–Crippen LogP) is 3.65. The molecule has 0 aliphatic carbocycles. The zero-order valence-electron chi connectivity index (χ0n) is 15.4. The van der Waals surface area contributed by atoms with Crippen LogP contribution < -0.4 is 18.9 Å². The van der Waals surface area contributed by atoms with Gasteiger partial charge in [0.05, 0.1) is 14.2 Å². The number of methoxy groups -OCH3 is 2. The lowest BCUT2D eigenvalue weighted by molar-refractivity contribution is 0.138. The minimum Gasteiger partial charge on any atom is -0.493 e. The molecule has 0 saturated heterocycles. The fourth-order valence-electron chi connectivity index (χ4n) is 4.74. The fourth-order valence-corrected chi connectivity index (χ4v) is 4.74. The molecule has 0 saturated carbocycles. The second kappa shape index (κ2) is 5.81. The second-order valence-electron chi connectivity index (χ2n) is 7.26. The molecular weight excluding hydrogens is 330 g/mol. The van der Waals surface area contributed by atoms with Crippen LogP contribution in [0.5, 0.6) is 23.0 Å². The number of hydrogen-bond acceptors (Lipinski definition) is 5. The first-order chi connectivity index (χ1) is 12.7. The molecular formula is C21H23NO4. The number of benzene rings is 2. The molecule has 2 aromatic rings. The smallest absolute Gasteiger partial charge is 0.231 e. The summed E-state index contributed by atoms with van der Waals surface area (Å²) in [7, 11) is 3.39. The standard InChI is InChI=1S/C21H23NO4/c1-12-15-8-18(24-3)17(23-2)7-14(15)10-22-5-4-13-6-19-20(26-11-25-19)9-16(13)21(12)22/h6-9,12,21H,4-5,10-11H2,1-3H3/t12-,21-/m0/s1. The third-order valence-electron chi connectivity index (χ3n) is 6.00. The molecule has 0 bridgehead atoms. The Hall–Kier alpha value is -2.40. The zero-order chi connectivity index (χ0) is 17.8. The summed E-state index contributed by atoms with van der Waals surface area (Å²) in [4.78, 5) is 2.57. The first kappa shape index (κ1) is 15.8. The number of hydrogen-bond donors (Lipinski definition) is 0. The third-order valence-corrected chi connectivity index (χ3v) is 6.00. The van der Waals surface area contributed by atoms with Crippen molar-refractivity contribution in [3.8, 4) is 23.0 Å². The molecule has 136 valence electrons. The Kier molecular flexibility index (Phi) is 3.54. The molecule has 0 radical (unpaired) electrons. The lowest BCUT2D eigenvalue weighted by Gasteiger charge is -2.45. The van der Waals surface area contributed by atoms with Crippen LogP contribution in [0.2, 0.25) is 0 Å². The Morgan fingerprint density at radius 2 is 1.65 bits per heavy atom. The van der Waals surface area contributed by atoms with Gasteiger partial charge in [0.1, 0.15) is 0 Å². The van der Waals surface area contributed by atoms with Crippen molar-refractivity contribution < 1.29 is 18.9 Å². The van der Waals surface area contributed by atoms with E-state index in [-0.39, 0.29) is 0 Å². The van der Waals surface area contributed by atoms with Crippen LogP contribution in [0, 0.1) is 0 Å². The molecule has 0 unspecified atom stereocenters. The summed E-state index contributed by atoms with van der Waals surface area (Å²) < 4.78 is 22.3. The summed E-state index contributed by atoms with van der Waals surface area (Å²) in [5, 5.41) is 0. The Morgan fingerprint density at radius 3 is 2.42 bits per heavy atom. The molecule has 3 heterocycles. The summed E-state index contributed by atoms with van der Waals surface area (Å²) in [5.41, 5.74) is 5.42. The Bertz CT molecular complexity index is 879. The Balaban J connectivity index is 1.61. The maximum Gasteiger partial charge on any atom is 0.231 e. The highest BCUT2D eigenvalue weighted by Crippen LogP contribution is 2.50. The van der Waals surface area contributed by atoms with Gasteiger partial charge in [0.25, 0.3) is 0 Å².